The molecule has 1 aromatic heterocycles. The number of nitrogens with zero attached hydrogens (tertiary/aromatic N) is 1. The maximum Gasteiger partial charge on any atom is 0.416 e. The van der Waals surface area contributed by atoms with Crippen molar-refractivity contribution in [1.29, 1.82) is 0 Å². The first kappa shape index (κ1) is 21.0. The van der Waals surface area contributed by atoms with Gasteiger partial charge >= 0.3 is 6.18 Å². The van der Waals surface area contributed by atoms with E-state index >= 15 is 0 Å². The molecule has 0 aliphatic carbocycles. The number of anilines is 2. The summed E-state index contributed by atoms with van der Waals surface area (Å²) in [5, 5.41) is 10.0. The van der Waals surface area contributed by atoms with Crippen molar-refractivity contribution in [3.63, 3.8) is 0 Å². The van der Waals surface area contributed by atoms with Gasteiger partial charge in [0.15, 0.2) is 0 Å². The number of carbonyl (C=O) groups excluding carboxylic acids is 1. The first-order valence-corrected chi connectivity index (χ1v) is 9.03. The van der Waals surface area contributed by atoms with E-state index in [1.807, 2.05) is 0 Å². The van der Waals surface area contributed by atoms with Crippen LogP contribution in [0.2, 0.25) is 10.0 Å². The van der Waals surface area contributed by atoms with E-state index < -0.39 is 17.6 Å². The fourth-order valence-corrected chi connectivity index (χ4v) is 3.19. The van der Waals surface area contributed by atoms with Crippen molar-refractivity contribution in [3.8, 4) is 0 Å². The van der Waals surface area contributed by atoms with Gasteiger partial charge in [-0.05, 0) is 48.9 Å². The quantitative estimate of drug-likeness (QED) is 0.494. The van der Waals surface area contributed by atoms with Gasteiger partial charge in [-0.2, -0.15) is 13.2 Å². The highest BCUT2D eigenvalue weighted by Crippen LogP contribution is 2.31. The van der Waals surface area contributed by atoms with Crippen LogP contribution in [-0.2, 0) is 12.7 Å². The minimum absolute atomic E-state index is 0.00185. The van der Waals surface area contributed by atoms with Crippen molar-refractivity contribution < 1.29 is 22.5 Å². The molecule has 1 amide bonds. The number of halogens is 5. The van der Waals surface area contributed by atoms with Gasteiger partial charge in [-0.25, -0.2) is 0 Å². The fraction of sp³-hybridized carbons (Fsp3) is 0.158. The SMILES string of the molecule is Cc1noc(NCc2cc(Cl)cc(Cl)c2)c1C(=O)Nc1cccc(C(F)(F)F)c1. The second-order valence-corrected chi connectivity index (χ2v) is 7.01. The van der Waals surface area contributed by atoms with Crippen LogP contribution in [0.15, 0.2) is 47.0 Å². The van der Waals surface area contributed by atoms with Gasteiger partial charge in [0.05, 0.1) is 11.3 Å². The Kier molecular flexibility index (Phi) is 6.04. The number of benzene rings is 2. The molecule has 2 N–H and O–H groups in total. The number of hydrogen-bond acceptors (Lipinski definition) is 4. The molecule has 0 atom stereocenters. The zero-order chi connectivity index (χ0) is 21.2. The molecule has 0 radical (unpaired) electrons. The third-order valence-electron chi connectivity index (χ3n) is 3.91. The van der Waals surface area contributed by atoms with E-state index in [2.05, 4.69) is 15.8 Å². The van der Waals surface area contributed by atoms with Crippen LogP contribution in [0.3, 0.4) is 0 Å². The fourth-order valence-electron chi connectivity index (χ4n) is 2.62. The molecule has 0 saturated heterocycles. The summed E-state index contributed by atoms with van der Waals surface area (Å²) in [6.07, 6.45) is -4.52. The highest BCUT2D eigenvalue weighted by molar-refractivity contribution is 6.34. The summed E-state index contributed by atoms with van der Waals surface area (Å²) >= 11 is 11.9. The maximum absolute atomic E-state index is 12.9. The second-order valence-electron chi connectivity index (χ2n) is 6.14. The first-order valence-electron chi connectivity index (χ1n) is 8.27. The third kappa shape index (κ3) is 5.21. The van der Waals surface area contributed by atoms with Crippen molar-refractivity contribution >= 4 is 40.7 Å². The van der Waals surface area contributed by atoms with Gasteiger partial charge in [0, 0.05) is 22.3 Å². The number of aryl methyl sites for hydroxylation is 1. The first-order chi connectivity index (χ1) is 13.6. The van der Waals surface area contributed by atoms with E-state index in [1.165, 1.54) is 12.1 Å². The summed E-state index contributed by atoms with van der Waals surface area (Å²) in [7, 11) is 0. The highest BCUT2D eigenvalue weighted by atomic mass is 35.5. The lowest BCUT2D eigenvalue weighted by atomic mass is 10.1. The van der Waals surface area contributed by atoms with Gasteiger partial charge in [-0.15, -0.1) is 0 Å². The summed E-state index contributed by atoms with van der Waals surface area (Å²) in [6, 6.07) is 9.29. The molecule has 0 aliphatic rings. The Morgan fingerprint density at radius 1 is 1.14 bits per heavy atom. The molecule has 3 rings (SSSR count). The average Bonchev–Trinajstić information content (AvgIpc) is 2.99. The number of aromatic nitrogens is 1. The number of hydrogen-bond donors (Lipinski definition) is 2. The largest absolute Gasteiger partial charge is 0.416 e. The second kappa shape index (κ2) is 8.34. The normalized spacial score (nSPS) is 11.4. The molecule has 29 heavy (non-hydrogen) atoms. The molecule has 0 unspecified atom stereocenters. The molecule has 0 aliphatic heterocycles. The molecule has 3 aromatic rings. The Bertz CT molecular complexity index is 1030. The zero-order valence-electron chi connectivity index (χ0n) is 14.9. The van der Waals surface area contributed by atoms with Gasteiger partial charge in [0.2, 0.25) is 5.88 Å². The molecular weight excluding hydrogens is 430 g/mol. The summed E-state index contributed by atoms with van der Waals surface area (Å²) in [5.74, 6) is -0.585. The van der Waals surface area contributed by atoms with E-state index in [9.17, 15) is 18.0 Å². The van der Waals surface area contributed by atoms with Gasteiger partial charge in [-0.3, -0.25) is 4.79 Å². The van der Waals surface area contributed by atoms with Gasteiger partial charge in [0.25, 0.3) is 5.91 Å². The van der Waals surface area contributed by atoms with Crippen LogP contribution in [0.5, 0.6) is 0 Å². The maximum atomic E-state index is 12.9. The van der Waals surface area contributed by atoms with Crippen molar-refractivity contribution in [3.05, 3.63) is 74.9 Å². The minimum Gasteiger partial charge on any atom is -0.349 e. The molecule has 0 fully saturated rings. The van der Waals surface area contributed by atoms with E-state index in [-0.39, 0.29) is 29.4 Å². The predicted molar refractivity (Wildman–Crippen MR) is 104 cm³/mol. The topological polar surface area (TPSA) is 67.2 Å². The van der Waals surface area contributed by atoms with Crippen molar-refractivity contribution in [2.45, 2.75) is 19.6 Å². The third-order valence-corrected chi connectivity index (χ3v) is 4.35. The van der Waals surface area contributed by atoms with E-state index in [4.69, 9.17) is 27.7 Å². The number of amides is 1. The molecule has 2 aromatic carbocycles. The van der Waals surface area contributed by atoms with Gasteiger partial charge < -0.3 is 15.2 Å². The number of carbonyl (C=O) groups is 1. The van der Waals surface area contributed by atoms with Crippen molar-refractivity contribution in [2.24, 2.45) is 0 Å². The lowest BCUT2D eigenvalue weighted by Crippen LogP contribution is -2.15. The van der Waals surface area contributed by atoms with Gasteiger partial charge in [0.1, 0.15) is 5.56 Å². The van der Waals surface area contributed by atoms with E-state index in [0.717, 1.165) is 17.7 Å². The van der Waals surface area contributed by atoms with Crippen LogP contribution in [0.4, 0.5) is 24.7 Å². The number of alkyl halides is 3. The standard InChI is InChI=1S/C19H14Cl2F3N3O2/c1-10-16(17(28)26-15-4-2-3-12(7-15)19(22,23)24)18(29-27-10)25-9-11-5-13(20)8-14(21)6-11/h2-8,25H,9H2,1H3,(H,26,28). The van der Waals surface area contributed by atoms with Crippen LogP contribution in [0.1, 0.15) is 27.2 Å². The number of rotatable bonds is 5. The molecular formula is C19H14Cl2F3N3O2. The Hall–Kier alpha value is -2.71. The highest BCUT2D eigenvalue weighted by Gasteiger charge is 2.30. The van der Waals surface area contributed by atoms with Crippen LogP contribution < -0.4 is 10.6 Å². The Morgan fingerprint density at radius 3 is 2.48 bits per heavy atom. The van der Waals surface area contributed by atoms with E-state index in [0.29, 0.717) is 10.0 Å². The van der Waals surface area contributed by atoms with Crippen LogP contribution in [-0.4, -0.2) is 11.1 Å². The number of nitrogens with one attached hydrogen (secondary N) is 2. The smallest absolute Gasteiger partial charge is 0.349 e. The van der Waals surface area contributed by atoms with Gasteiger partial charge in [-0.1, -0.05) is 34.4 Å². The monoisotopic (exact) mass is 443 g/mol. The summed E-state index contributed by atoms with van der Waals surface area (Å²) in [4.78, 5) is 12.6. The minimum atomic E-state index is -4.52. The molecule has 0 saturated carbocycles. The van der Waals surface area contributed by atoms with Crippen LogP contribution >= 0.6 is 23.2 Å². The van der Waals surface area contributed by atoms with Crippen LogP contribution in [0.25, 0.3) is 0 Å². The Labute approximate surface area is 173 Å². The van der Waals surface area contributed by atoms with E-state index in [1.54, 1.807) is 25.1 Å². The zero-order valence-corrected chi connectivity index (χ0v) is 16.4. The molecule has 10 heteroatoms. The molecule has 0 spiro atoms. The average molecular weight is 444 g/mol. The van der Waals surface area contributed by atoms with Crippen LogP contribution in [0, 0.1) is 6.92 Å². The molecule has 1 heterocycles. The van der Waals surface area contributed by atoms with Crippen molar-refractivity contribution in [2.75, 3.05) is 10.6 Å². The Morgan fingerprint density at radius 2 is 1.83 bits per heavy atom. The molecule has 5 nitrogen and oxygen atoms in total. The predicted octanol–water partition coefficient (Wildman–Crippen LogP) is 6.17. The lowest BCUT2D eigenvalue weighted by molar-refractivity contribution is -0.137. The molecule has 152 valence electrons. The van der Waals surface area contributed by atoms with Crippen molar-refractivity contribution in [1.82, 2.24) is 5.16 Å². The summed E-state index contributed by atoms with van der Waals surface area (Å²) in [6.45, 7) is 1.78. The summed E-state index contributed by atoms with van der Waals surface area (Å²) in [5.41, 5.74) is 0.226. The Balaban J connectivity index is 1.77. The lowest BCUT2D eigenvalue weighted by Gasteiger charge is -2.10. The summed E-state index contributed by atoms with van der Waals surface area (Å²) < 4.78 is 43.7. The molecule has 0 bridgehead atoms.